The van der Waals surface area contributed by atoms with E-state index in [2.05, 4.69) is 5.32 Å². The lowest BCUT2D eigenvalue weighted by Crippen LogP contribution is -2.44. The Balaban J connectivity index is 1.88. The van der Waals surface area contributed by atoms with Gasteiger partial charge in [-0.25, -0.2) is 0 Å². The number of amides is 1. The molecule has 0 aromatic heterocycles. The van der Waals surface area contributed by atoms with Crippen molar-refractivity contribution in [3.63, 3.8) is 0 Å². The smallest absolute Gasteiger partial charge is 0.251 e. The predicted octanol–water partition coefficient (Wildman–Crippen LogP) is 2.90. The number of aliphatic hydroxyl groups is 1. The minimum atomic E-state index is -0.728. The second-order valence-corrected chi connectivity index (χ2v) is 6.16. The molecule has 0 radical (unpaired) electrons. The molecule has 1 aliphatic rings. The van der Waals surface area contributed by atoms with Gasteiger partial charge in [-0.3, -0.25) is 4.79 Å². The summed E-state index contributed by atoms with van der Waals surface area (Å²) in [5.41, 5.74) is -0.139. The zero-order chi connectivity index (χ0) is 15.3. The third-order valence-electron chi connectivity index (χ3n) is 3.85. The zero-order valence-corrected chi connectivity index (χ0v) is 12.9. The van der Waals surface area contributed by atoms with Gasteiger partial charge in [0.1, 0.15) is 5.75 Å². The zero-order valence-electron chi connectivity index (χ0n) is 12.9. The third-order valence-corrected chi connectivity index (χ3v) is 3.85. The molecule has 0 heterocycles. The summed E-state index contributed by atoms with van der Waals surface area (Å²) in [6.07, 6.45) is 4.91. The van der Waals surface area contributed by atoms with Crippen LogP contribution in [0, 0.1) is 0 Å². The van der Waals surface area contributed by atoms with Crippen molar-refractivity contribution < 1.29 is 14.6 Å². The van der Waals surface area contributed by atoms with Crippen LogP contribution in [0.3, 0.4) is 0 Å². The maximum Gasteiger partial charge on any atom is 0.251 e. The number of hydrogen-bond donors (Lipinski definition) is 2. The summed E-state index contributed by atoms with van der Waals surface area (Å²) in [6.45, 7) is 4.26. The van der Waals surface area contributed by atoms with Gasteiger partial charge in [-0.05, 0) is 51.0 Å². The lowest BCUT2D eigenvalue weighted by Gasteiger charge is -2.32. The number of benzene rings is 1. The molecule has 0 spiro atoms. The van der Waals surface area contributed by atoms with Gasteiger partial charge in [-0.15, -0.1) is 0 Å². The van der Waals surface area contributed by atoms with E-state index in [-0.39, 0.29) is 12.0 Å². The Labute approximate surface area is 126 Å². The molecule has 4 heteroatoms. The van der Waals surface area contributed by atoms with Crippen LogP contribution in [0.4, 0.5) is 0 Å². The van der Waals surface area contributed by atoms with E-state index in [1.807, 2.05) is 13.8 Å². The maximum absolute atomic E-state index is 12.1. The minimum absolute atomic E-state index is 0.116. The van der Waals surface area contributed by atoms with Crippen molar-refractivity contribution in [3.8, 4) is 5.75 Å². The molecule has 0 unspecified atom stereocenters. The molecular weight excluding hydrogens is 266 g/mol. The molecule has 2 N–H and O–H groups in total. The van der Waals surface area contributed by atoms with Crippen molar-refractivity contribution in [2.24, 2.45) is 0 Å². The monoisotopic (exact) mass is 291 g/mol. The highest BCUT2D eigenvalue weighted by atomic mass is 16.5. The highest BCUT2D eigenvalue weighted by molar-refractivity contribution is 5.94. The van der Waals surface area contributed by atoms with E-state index >= 15 is 0 Å². The first kappa shape index (κ1) is 15.8. The van der Waals surface area contributed by atoms with Crippen LogP contribution in [0.15, 0.2) is 24.3 Å². The van der Waals surface area contributed by atoms with Gasteiger partial charge < -0.3 is 15.2 Å². The van der Waals surface area contributed by atoms with Gasteiger partial charge in [0.2, 0.25) is 0 Å². The van der Waals surface area contributed by atoms with Gasteiger partial charge in [0.25, 0.3) is 5.91 Å². The second kappa shape index (κ2) is 6.94. The van der Waals surface area contributed by atoms with E-state index in [1.54, 1.807) is 24.3 Å². The highest BCUT2D eigenvalue weighted by Gasteiger charge is 2.29. The van der Waals surface area contributed by atoms with Crippen LogP contribution in [0.1, 0.15) is 56.3 Å². The molecule has 0 saturated heterocycles. The fourth-order valence-electron chi connectivity index (χ4n) is 2.69. The van der Waals surface area contributed by atoms with Crippen molar-refractivity contribution in [2.45, 2.75) is 57.7 Å². The van der Waals surface area contributed by atoms with Gasteiger partial charge in [0, 0.05) is 12.1 Å². The number of hydrogen-bond acceptors (Lipinski definition) is 3. The fourth-order valence-corrected chi connectivity index (χ4v) is 2.69. The van der Waals surface area contributed by atoms with Crippen molar-refractivity contribution in [1.29, 1.82) is 0 Å². The summed E-state index contributed by atoms with van der Waals surface area (Å²) in [4.78, 5) is 12.1. The maximum atomic E-state index is 12.1. The average Bonchev–Trinajstić information content (AvgIpc) is 2.46. The van der Waals surface area contributed by atoms with Gasteiger partial charge in [-0.2, -0.15) is 0 Å². The highest BCUT2D eigenvalue weighted by Crippen LogP contribution is 2.27. The first-order valence-electron chi connectivity index (χ1n) is 7.76. The lowest BCUT2D eigenvalue weighted by molar-refractivity contribution is 0.00525. The number of ether oxygens (including phenoxy) is 1. The van der Waals surface area contributed by atoms with E-state index in [0.29, 0.717) is 12.1 Å². The number of nitrogens with one attached hydrogen (secondary N) is 1. The summed E-state index contributed by atoms with van der Waals surface area (Å²) in [5, 5.41) is 13.2. The summed E-state index contributed by atoms with van der Waals surface area (Å²) in [5.74, 6) is 0.609. The molecule has 21 heavy (non-hydrogen) atoms. The normalized spacial score (nSPS) is 17.5. The molecule has 1 amide bonds. The summed E-state index contributed by atoms with van der Waals surface area (Å²) >= 11 is 0. The third kappa shape index (κ3) is 4.74. The van der Waals surface area contributed by atoms with Crippen LogP contribution >= 0.6 is 0 Å². The first-order valence-corrected chi connectivity index (χ1v) is 7.76. The van der Waals surface area contributed by atoms with Gasteiger partial charge >= 0.3 is 0 Å². The quantitative estimate of drug-likeness (QED) is 0.877. The molecule has 1 aromatic rings. The van der Waals surface area contributed by atoms with Crippen molar-refractivity contribution in [3.05, 3.63) is 29.8 Å². The molecule has 1 saturated carbocycles. The Morgan fingerprint density at radius 2 is 1.86 bits per heavy atom. The Morgan fingerprint density at radius 1 is 1.24 bits per heavy atom. The SMILES string of the molecule is CC(C)Oc1ccc(C(=O)NCC2(O)CCCCC2)cc1. The lowest BCUT2D eigenvalue weighted by atomic mass is 9.85. The standard InChI is InChI=1S/C17H25NO3/c1-13(2)21-15-8-6-14(7-9-15)16(19)18-12-17(20)10-4-3-5-11-17/h6-9,13,20H,3-5,10-12H2,1-2H3,(H,18,19). The van der Waals surface area contributed by atoms with Gasteiger partial charge in [-0.1, -0.05) is 19.3 Å². The summed E-state index contributed by atoms with van der Waals surface area (Å²) in [7, 11) is 0. The van der Waals surface area contributed by atoms with Crippen LogP contribution in [-0.2, 0) is 0 Å². The van der Waals surface area contributed by atoms with Crippen LogP contribution in [-0.4, -0.2) is 29.3 Å². The Bertz CT molecular complexity index is 461. The Hall–Kier alpha value is -1.55. The van der Waals surface area contributed by atoms with Crippen LogP contribution in [0.5, 0.6) is 5.75 Å². The van der Waals surface area contributed by atoms with Gasteiger partial charge in [0.05, 0.1) is 11.7 Å². The second-order valence-electron chi connectivity index (χ2n) is 6.16. The van der Waals surface area contributed by atoms with Crippen molar-refractivity contribution in [1.82, 2.24) is 5.32 Å². The fraction of sp³-hybridized carbons (Fsp3) is 0.588. The first-order chi connectivity index (χ1) is 9.98. The molecule has 1 fully saturated rings. The number of carbonyl (C=O) groups is 1. The molecule has 0 bridgehead atoms. The topological polar surface area (TPSA) is 58.6 Å². The average molecular weight is 291 g/mol. The van der Waals surface area contributed by atoms with Gasteiger partial charge in [0.15, 0.2) is 0 Å². The molecule has 1 aromatic carbocycles. The predicted molar refractivity (Wildman–Crippen MR) is 82.6 cm³/mol. The van der Waals surface area contributed by atoms with Crippen LogP contribution < -0.4 is 10.1 Å². The minimum Gasteiger partial charge on any atom is -0.491 e. The van der Waals surface area contributed by atoms with E-state index in [9.17, 15) is 9.90 Å². The summed E-state index contributed by atoms with van der Waals surface area (Å²) in [6, 6.07) is 7.09. The molecule has 116 valence electrons. The molecule has 4 nitrogen and oxygen atoms in total. The molecule has 0 atom stereocenters. The van der Waals surface area contributed by atoms with E-state index < -0.39 is 5.60 Å². The van der Waals surface area contributed by atoms with Crippen molar-refractivity contribution in [2.75, 3.05) is 6.54 Å². The molecule has 0 aliphatic heterocycles. The summed E-state index contributed by atoms with van der Waals surface area (Å²) < 4.78 is 5.55. The largest absolute Gasteiger partial charge is 0.491 e. The van der Waals surface area contributed by atoms with Crippen molar-refractivity contribution >= 4 is 5.91 Å². The Morgan fingerprint density at radius 3 is 2.43 bits per heavy atom. The Kier molecular flexibility index (Phi) is 5.23. The molecule has 1 aliphatic carbocycles. The van der Waals surface area contributed by atoms with E-state index in [0.717, 1.165) is 31.4 Å². The number of rotatable bonds is 5. The van der Waals surface area contributed by atoms with E-state index in [4.69, 9.17) is 4.74 Å². The number of carbonyl (C=O) groups excluding carboxylic acids is 1. The van der Waals surface area contributed by atoms with Crippen LogP contribution in [0.25, 0.3) is 0 Å². The molecule has 2 rings (SSSR count). The molecular formula is C17H25NO3. The van der Waals surface area contributed by atoms with E-state index in [1.165, 1.54) is 6.42 Å². The van der Waals surface area contributed by atoms with Crippen LogP contribution in [0.2, 0.25) is 0 Å².